The number of nitrogens with one attached hydrogen (secondary N) is 2. The summed E-state index contributed by atoms with van der Waals surface area (Å²) in [5.74, 6) is -0.0754. The van der Waals surface area contributed by atoms with Crippen LogP contribution >= 0.6 is 31.9 Å². The van der Waals surface area contributed by atoms with Crippen molar-refractivity contribution in [1.82, 2.24) is 10.3 Å². The first-order valence-electron chi connectivity index (χ1n) is 6.32. The van der Waals surface area contributed by atoms with Gasteiger partial charge in [-0.15, -0.1) is 0 Å². The fraction of sp³-hybridized carbons (Fsp3) is 0.357. The van der Waals surface area contributed by atoms with Crippen LogP contribution in [0.15, 0.2) is 27.3 Å². The monoisotopic (exact) mass is 402 g/mol. The molecule has 0 saturated carbocycles. The minimum atomic E-state index is -0.537. The van der Waals surface area contributed by atoms with Crippen molar-refractivity contribution in [3.05, 3.63) is 32.8 Å². The molecule has 0 spiro atoms. The van der Waals surface area contributed by atoms with Crippen LogP contribution in [0.1, 0.15) is 24.2 Å². The molecule has 0 aliphatic heterocycles. The number of aromatic nitrogens is 1. The highest BCUT2D eigenvalue weighted by molar-refractivity contribution is 9.13. The van der Waals surface area contributed by atoms with Crippen molar-refractivity contribution in [2.45, 2.75) is 20.0 Å². The number of carbonyl (C=O) groups is 1. The van der Waals surface area contributed by atoms with Gasteiger partial charge in [-0.1, -0.05) is 13.8 Å². The van der Waals surface area contributed by atoms with E-state index in [1.54, 1.807) is 6.20 Å². The molecule has 1 heterocycles. The molecule has 0 saturated heterocycles. The van der Waals surface area contributed by atoms with Gasteiger partial charge in [0.2, 0.25) is 0 Å². The molecule has 20 heavy (non-hydrogen) atoms. The third-order valence-electron chi connectivity index (χ3n) is 3.21. The van der Waals surface area contributed by atoms with Gasteiger partial charge in [0.1, 0.15) is 0 Å². The van der Waals surface area contributed by atoms with Crippen LogP contribution in [0.4, 0.5) is 0 Å². The number of H-pyrrole nitrogens is 1. The molecule has 0 radical (unpaired) electrons. The molecule has 0 bridgehead atoms. The van der Waals surface area contributed by atoms with Crippen LogP contribution in [0.25, 0.3) is 10.9 Å². The van der Waals surface area contributed by atoms with Crippen molar-refractivity contribution in [2.24, 2.45) is 5.92 Å². The summed E-state index contributed by atoms with van der Waals surface area (Å²) >= 11 is 6.86. The van der Waals surface area contributed by atoms with Crippen LogP contribution in [-0.4, -0.2) is 28.6 Å². The SMILES string of the molecule is CC(C)C(O)CNC(=O)c1c[nH]c2cc(Br)c(Br)cc12. The maximum atomic E-state index is 12.2. The zero-order valence-electron chi connectivity index (χ0n) is 11.2. The Hall–Kier alpha value is -0.850. The summed E-state index contributed by atoms with van der Waals surface area (Å²) in [5.41, 5.74) is 1.46. The van der Waals surface area contributed by atoms with Gasteiger partial charge in [0.15, 0.2) is 0 Å². The van der Waals surface area contributed by atoms with Gasteiger partial charge in [-0.2, -0.15) is 0 Å². The molecule has 0 aliphatic rings. The number of rotatable bonds is 4. The molecule has 1 atom stereocenters. The molecule has 108 valence electrons. The van der Waals surface area contributed by atoms with E-state index in [-0.39, 0.29) is 18.4 Å². The summed E-state index contributed by atoms with van der Waals surface area (Å²) in [5, 5.41) is 13.3. The average Bonchev–Trinajstić information content (AvgIpc) is 2.78. The zero-order chi connectivity index (χ0) is 14.9. The summed E-state index contributed by atoms with van der Waals surface area (Å²) in [4.78, 5) is 15.2. The van der Waals surface area contributed by atoms with Crippen molar-refractivity contribution >= 4 is 48.7 Å². The van der Waals surface area contributed by atoms with E-state index in [2.05, 4.69) is 42.2 Å². The zero-order valence-corrected chi connectivity index (χ0v) is 14.4. The Labute approximate surface area is 134 Å². The Bertz CT molecular complexity index is 637. The smallest absolute Gasteiger partial charge is 0.253 e. The van der Waals surface area contributed by atoms with Crippen molar-refractivity contribution in [2.75, 3.05) is 6.54 Å². The van der Waals surface area contributed by atoms with Gasteiger partial charge in [-0.3, -0.25) is 4.79 Å². The number of amides is 1. The first kappa shape index (κ1) is 15.5. The van der Waals surface area contributed by atoms with E-state index < -0.39 is 6.10 Å². The summed E-state index contributed by atoms with van der Waals surface area (Å²) in [7, 11) is 0. The quantitative estimate of drug-likeness (QED) is 0.731. The van der Waals surface area contributed by atoms with E-state index >= 15 is 0 Å². The normalized spacial score (nSPS) is 12.9. The van der Waals surface area contributed by atoms with Crippen LogP contribution < -0.4 is 5.32 Å². The number of aliphatic hydroxyl groups is 1. The lowest BCUT2D eigenvalue weighted by Gasteiger charge is -2.14. The molecular weight excluding hydrogens is 388 g/mol. The molecule has 0 fully saturated rings. The Morgan fingerprint density at radius 3 is 2.65 bits per heavy atom. The standard InChI is InChI=1S/C14H16Br2N2O2/c1-7(2)13(19)6-18-14(20)9-5-17-12-4-11(16)10(15)3-8(9)12/h3-5,7,13,17,19H,6H2,1-2H3,(H,18,20). The topological polar surface area (TPSA) is 65.1 Å². The summed E-state index contributed by atoms with van der Waals surface area (Å²) < 4.78 is 1.81. The highest BCUT2D eigenvalue weighted by Gasteiger charge is 2.15. The van der Waals surface area contributed by atoms with Gasteiger partial charge < -0.3 is 15.4 Å². The Kier molecular flexibility index (Phi) is 4.88. The summed E-state index contributed by atoms with van der Waals surface area (Å²) in [6, 6.07) is 3.81. The third kappa shape index (κ3) is 3.24. The van der Waals surface area contributed by atoms with Gasteiger partial charge in [0, 0.05) is 32.6 Å². The predicted molar refractivity (Wildman–Crippen MR) is 86.9 cm³/mol. The van der Waals surface area contributed by atoms with Crippen molar-refractivity contribution in [3.63, 3.8) is 0 Å². The number of hydrogen-bond acceptors (Lipinski definition) is 2. The molecule has 1 aromatic carbocycles. The van der Waals surface area contributed by atoms with Crippen LogP contribution in [-0.2, 0) is 0 Å². The number of halogens is 2. The number of benzene rings is 1. The van der Waals surface area contributed by atoms with Gasteiger partial charge >= 0.3 is 0 Å². The van der Waals surface area contributed by atoms with Gasteiger partial charge in [0.05, 0.1) is 11.7 Å². The Morgan fingerprint density at radius 2 is 2.00 bits per heavy atom. The Balaban J connectivity index is 2.20. The number of aliphatic hydroxyl groups excluding tert-OH is 1. The largest absolute Gasteiger partial charge is 0.391 e. The fourth-order valence-corrected chi connectivity index (χ4v) is 2.52. The molecule has 2 rings (SSSR count). The van der Waals surface area contributed by atoms with E-state index in [0.29, 0.717) is 5.56 Å². The fourth-order valence-electron chi connectivity index (χ4n) is 1.83. The number of carbonyl (C=O) groups excluding carboxylic acids is 1. The maximum absolute atomic E-state index is 12.2. The molecule has 6 heteroatoms. The van der Waals surface area contributed by atoms with E-state index in [1.165, 1.54) is 0 Å². The third-order valence-corrected chi connectivity index (χ3v) is 5.05. The minimum absolute atomic E-state index is 0.114. The van der Waals surface area contributed by atoms with Crippen LogP contribution in [0.3, 0.4) is 0 Å². The molecule has 0 aliphatic carbocycles. The number of hydrogen-bond donors (Lipinski definition) is 3. The summed E-state index contributed by atoms with van der Waals surface area (Å²) in [6.45, 7) is 4.08. The second-order valence-electron chi connectivity index (χ2n) is 5.04. The highest BCUT2D eigenvalue weighted by atomic mass is 79.9. The van der Waals surface area contributed by atoms with Crippen molar-refractivity contribution < 1.29 is 9.90 Å². The molecule has 2 aromatic rings. The van der Waals surface area contributed by atoms with Crippen molar-refractivity contribution in [1.29, 1.82) is 0 Å². The number of aromatic amines is 1. The van der Waals surface area contributed by atoms with E-state index in [9.17, 15) is 9.90 Å². The predicted octanol–water partition coefficient (Wildman–Crippen LogP) is 3.44. The molecule has 1 amide bonds. The lowest BCUT2D eigenvalue weighted by Crippen LogP contribution is -2.34. The molecule has 3 N–H and O–H groups in total. The summed E-state index contributed by atoms with van der Waals surface area (Å²) in [6.07, 6.45) is 1.14. The van der Waals surface area contributed by atoms with Gasteiger partial charge in [-0.05, 0) is 49.9 Å². The highest BCUT2D eigenvalue weighted by Crippen LogP contribution is 2.30. The Morgan fingerprint density at radius 1 is 1.35 bits per heavy atom. The minimum Gasteiger partial charge on any atom is -0.391 e. The second kappa shape index (κ2) is 6.28. The first-order chi connectivity index (χ1) is 9.40. The first-order valence-corrected chi connectivity index (χ1v) is 7.91. The van der Waals surface area contributed by atoms with Crippen molar-refractivity contribution in [3.8, 4) is 0 Å². The van der Waals surface area contributed by atoms with Crippen LogP contribution in [0.5, 0.6) is 0 Å². The van der Waals surface area contributed by atoms with E-state index in [1.807, 2.05) is 26.0 Å². The van der Waals surface area contributed by atoms with Crippen LogP contribution in [0.2, 0.25) is 0 Å². The second-order valence-corrected chi connectivity index (χ2v) is 6.74. The number of fused-ring (bicyclic) bond motifs is 1. The molecule has 1 unspecified atom stereocenters. The van der Waals surface area contributed by atoms with E-state index in [4.69, 9.17) is 0 Å². The lowest BCUT2D eigenvalue weighted by molar-refractivity contribution is 0.0873. The molecular formula is C14H16Br2N2O2. The van der Waals surface area contributed by atoms with E-state index in [0.717, 1.165) is 19.8 Å². The van der Waals surface area contributed by atoms with Gasteiger partial charge in [-0.25, -0.2) is 0 Å². The molecule has 1 aromatic heterocycles. The molecule has 4 nitrogen and oxygen atoms in total. The lowest BCUT2D eigenvalue weighted by atomic mass is 10.1. The van der Waals surface area contributed by atoms with Crippen LogP contribution in [0, 0.1) is 5.92 Å². The van der Waals surface area contributed by atoms with Gasteiger partial charge in [0.25, 0.3) is 5.91 Å². The maximum Gasteiger partial charge on any atom is 0.253 e. The average molecular weight is 404 g/mol.